The van der Waals surface area contributed by atoms with Crippen LogP contribution >= 0.6 is 24.0 Å². The average molecular weight is 463 g/mol. The minimum Gasteiger partial charge on any atom is -0.357 e. The largest absolute Gasteiger partial charge is 0.357 e. The molecule has 1 aromatic heterocycles. The second-order valence-corrected chi connectivity index (χ2v) is 5.14. The second-order valence-electron chi connectivity index (χ2n) is 5.14. The summed E-state index contributed by atoms with van der Waals surface area (Å²) in [4.78, 5) is 20.7. The van der Waals surface area contributed by atoms with Gasteiger partial charge in [-0.15, -0.1) is 30.4 Å². The molecule has 1 heterocycles. The van der Waals surface area contributed by atoms with Gasteiger partial charge in [0, 0.05) is 24.0 Å². The highest BCUT2D eigenvalue weighted by Crippen LogP contribution is 2.09. The number of hydrogen-bond donors (Lipinski definition) is 3. The first-order valence-electron chi connectivity index (χ1n) is 8.00. The van der Waals surface area contributed by atoms with Crippen molar-refractivity contribution in [1.82, 2.24) is 15.6 Å². The number of nitrogens with one attached hydrogen (secondary N) is 3. The molecule has 0 spiro atoms. The summed E-state index contributed by atoms with van der Waals surface area (Å²) in [5.74, 6) is 2.91. The SMILES string of the molecule is C#Cc1cccc(NC(=O)CNC(=NCc2ccccn2)NCC)c1.I. The van der Waals surface area contributed by atoms with E-state index in [1.165, 1.54) is 0 Å². The van der Waals surface area contributed by atoms with Crippen LogP contribution in [0.2, 0.25) is 0 Å². The van der Waals surface area contributed by atoms with Crippen molar-refractivity contribution in [2.75, 3.05) is 18.4 Å². The topological polar surface area (TPSA) is 78.4 Å². The number of carbonyl (C=O) groups is 1. The molecular formula is C19H22IN5O. The molecule has 0 saturated carbocycles. The third kappa shape index (κ3) is 7.53. The van der Waals surface area contributed by atoms with Gasteiger partial charge >= 0.3 is 0 Å². The summed E-state index contributed by atoms with van der Waals surface area (Å²) in [6.07, 6.45) is 7.08. The molecule has 136 valence electrons. The van der Waals surface area contributed by atoms with Gasteiger partial charge in [-0.25, -0.2) is 4.99 Å². The molecule has 2 aromatic rings. The molecule has 2 rings (SSSR count). The predicted octanol–water partition coefficient (Wildman–Crippen LogP) is 2.37. The average Bonchev–Trinajstić information content (AvgIpc) is 2.65. The van der Waals surface area contributed by atoms with Crippen LogP contribution in [0, 0.1) is 12.3 Å². The molecule has 1 amide bonds. The fourth-order valence-corrected chi connectivity index (χ4v) is 2.05. The first-order valence-corrected chi connectivity index (χ1v) is 8.00. The Morgan fingerprint density at radius 2 is 2.08 bits per heavy atom. The van der Waals surface area contributed by atoms with Crippen LogP contribution in [0.15, 0.2) is 53.7 Å². The zero-order valence-corrected chi connectivity index (χ0v) is 16.9. The maximum Gasteiger partial charge on any atom is 0.243 e. The van der Waals surface area contributed by atoms with E-state index < -0.39 is 0 Å². The second kappa shape index (κ2) is 11.9. The molecule has 3 N–H and O–H groups in total. The summed E-state index contributed by atoms with van der Waals surface area (Å²) in [7, 11) is 0. The minimum atomic E-state index is -0.183. The number of benzene rings is 1. The van der Waals surface area contributed by atoms with Crippen LogP contribution in [-0.2, 0) is 11.3 Å². The Morgan fingerprint density at radius 1 is 1.23 bits per heavy atom. The van der Waals surface area contributed by atoms with E-state index in [4.69, 9.17) is 6.42 Å². The normalized spacial score (nSPS) is 10.2. The highest BCUT2D eigenvalue weighted by Gasteiger charge is 2.05. The van der Waals surface area contributed by atoms with E-state index in [0.29, 0.717) is 24.7 Å². The van der Waals surface area contributed by atoms with E-state index >= 15 is 0 Å². The minimum absolute atomic E-state index is 0. The molecule has 0 fully saturated rings. The van der Waals surface area contributed by atoms with Crippen molar-refractivity contribution < 1.29 is 4.79 Å². The Hall–Kier alpha value is -2.60. The molecule has 0 saturated heterocycles. The molecule has 0 aliphatic carbocycles. The third-order valence-electron chi connectivity index (χ3n) is 3.20. The van der Waals surface area contributed by atoms with E-state index in [2.05, 4.69) is 31.8 Å². The number of nitrogens with zero attached hydrogens (tertiary/aromatic N) is 2. The number of halogens is 1. The van der Waals surface area contributed by atoms with Crippen molar-refractivity contribution in [1.29, 1.82) is 0 Å². The Labute approximate surface area is 170 Å². The maximum absolute atomic E-state index is 12.1. The van der Waals surface area contributed by atoms with Gasteiger partial charge in [0.25, 0.3) is 0 Å². The van der Waals surface area contributed by atoms with Gasteiger partial charge in [0.15, 0.2) is 5.96 Å². The molecular weight excluding hydrogens is 441 g/mol. The van der Waals surface area contributed by atoms with Gasteiger partial charge in [-0.05, 0) is 37.3 Å². The number of guanidine groups is 1. The molecule has 0 aliphatic heterocycles. The number of rotatable bonds is 6. The Bertz CT molecular complexity index is 771. The van der Waals surface area contributed by atoms with Gasteiger partial charge < -0.3 is 16.0 Å². The first kappa shape index (κ1) is 21.4. The number of terminal acetylenes is 1. The number of anilines is 1. The van der Waals surface area contributed by atoms with Gasteiger partial charge in [-0.2, -0.15) is 0 Å². The Morgan fingerprint density at radius 3 is 2.77 bits per heavy atom. The molecule has 0 bridgehead atoms. The molecule has 1 aromatic carbocycles. The molecule has 0 radical (unpaired) electrons. The highest BCUT2D eigenvalue weighted by molar-refractivity contribution is 14.0. The standard InChI is InChI=1S/C19H21N5O.HI/c1-3-15-8-7-10-16(12-15)24-18(25)14-23-19(20-4-2)22-13-17-9-5-6-11-21-17;/h1,5-12H,4,13-14H2,2H3,(H,24,25)(H2,20,22,23);1H. The summed E-state index contributed by atoms with van der Waals surface area (Å²) >= 11 is 0. The molecule has 6 nitrogen and oxygen atoms in total. The summed E-state index contributed by atoms with van der Waals surface area (Å²) in [6.45, 7) is 3.18. The van der Waals surface area contributed by atoms with Crippen LogP contribution < -0.4 is 16.0 Å². The lowest BCUT2D eigenvalue weighted by atomic mass is 10.2. The van der Waals surface area contributed by atoms with Crippen LogP contribution in [-0.4, -0.2) is 29.9 Å². The van der Waals surface area contributed by atoms with Crippen LogP contribution in [0.4, 0.5) is 5.69 Å². The number of amides is 1. The fraction of sp³-hybridized carbons (Fsp3) is 0.211. The van der Waals surface area contributed by atoms with Gasteiger partial charge in [-0.1, -0.05) is 18.1 Å². The van der Waals surface area contributed by atoms with Crippen molar-refractivity contribution in [3.63, 3.8) is 0 Å². The zero-order chi connectivity index (χ0) is 17.9. The van der Waals surface area contributed by atoms with E-state index in [9.17, 15) is 4.79 Å². The molecule has 26 heavy (non-hydrogen) atoms. The summed E-state index contributed by atoms with van der Waals surface area (Å²) in [5, 5.41) is 8.89. The maximum atomic E-state index is 12.1. The summed E-state index contributed by atoms with van der Waals surface area (Å²) in [5.41, 5.74) is 2.24. The van der Waals surface area contributed by atoms with E-state index in [-0.39, 0.29) is 36.4 Å². The lowest BCUT2D eigenvalue weighted by Gasteiger charge is -2.11. The number of hydrogen-bond acceptors (Lipinski definition) is 3. The van der Waals surface area contributed by atoms with Gasteiger partial charge in [0.2, 0.25) is 5.91 Å². The fourth-order valence-electron chi connectivity index (χ4n) is 2.05. The van der Waals surface area contributed by atoms with Crippen LogP contribution in [0.1, 0.15) is 18.2 Å². The van der Waals surface area contributed by atoms with Crippen LogP contribution in [0.5, 0.6) is 0 Å². The van der Waals surface area contributed by atoms with Crippen molar-refractivity contribution in [2.45, 2.75) is 13.5 Å². The summed E-state index contributed by atoms with van der Waals surface area (Å²) in [6, 6.07) is 12.8. The monoisotopic (exact) mass is 463 g/mol. The number of aromatic nitrogens is 1. The number of pyridine rings is 1. The molecule has 0 aliphatic rings. The highest BCUT2D eigenvalue weighted by atomic mass is 127. The van der Waals surface area contributed by atoms with Gasteiger partial charge in [0.1, 0.15) is 0 Å². The third-order valence-corrected chi connectivity index (χ3v) is 3.20. The van der Waals surface area contributed by atoms with Crippen molar-refractivity contribution in [2.24, 2.45) is 4.99 Å². The van der Waals surface area contributed by atoms with Crippen molar-refractivity contribution in [3.05, 3.63) is 59.9 Å². The van der Waals surface area contributed by atoms with Crippen LogP contribution in [0.25, 0.3) is 0 Å². The smallest absolute Gasteiger partial charge is 0.243 e. The molecule has 0 atom stereocenters. The zero-order valence-electron chi connectivity index (χ0n) is 14.5. The van der Waals surface area contributed by atoms with Gasteiger partial charge in [0.05, 0.1) is 18.8 Å². The quantitative estimate of drug-likeness (QED) is 0.266. The van der Waals surface area contributed by atoms with Gasteiger partial charge in [-0.3, -0.25) is 9.78 Å². The van der Waals surface area contributed by atoms with E-state index in [0.717, 1.165) is 11.3 Å². The summed E-state index contributed by atoms with van der Waals surface area (Å²) < 4.78 is 0. The van der Waals surface area contributed by atoms with Crippen molar-refractivity contribution >= 4 is 41.5 Å². The molecule has 0 unspecified atom stereocenters. The predicted molar refractivity (Wildman–Crippen MR) is 115 cm³/mol. The lowest BCUT2D eigenvalue weighted by Crippen LogP contribution is -2.41. The lowest BCUT2D eigenvalue weighted by molar-refractivity contribution is -0.115. The van der Waals surface area contributed by atoms with E-state index in [1.54, 1.807) is 30.5 Å². The van der Waals surface area contributed by atoms with E-state index in [1.807, 2.05) is 25.1 Å². The molecule has 7 heteroatoms. The first-order chi connectivity index (χ1) is 12.2. The number of aliphatic imine (C=N–C) groups is 1. The Kier molecular flexibility index (Phi) is 9.79. The van der Waals surface area contributed by atoms with Crippen LogP contribution in [0.3, 0.4) is 0 Å². The Balaban J connectivity index is 0.00000338. The van der Waals surface area contributed by atoms with Crippen molar-refractivity contribution in [3.8, 4) is 12.3 Å². The number of carbonyl (C=O) groups excluding carboxylic acids is 1.